The molecule has 0 amide bonds. The minimum atomic E-state index is -0.462. The highest BCUT2D eigenvalue weighted by Gasteiger charge is 2.16. The molecule has 1 N–H and O–H groups in total. The molecule has 0 unspecified atom stereocenters. The number of aromatic hydroxyl groups is 1. The van der Waals surface area contributed by atoms with E-state index < -0.39 is 4.92 Å². The van der Waals surface area contributed by atoms with Gasteiger partial charge in [0.05, 0.1) is 24.4 Å². The topological polar surface area (TPSA) is 76.3 Å². The summed E-state index contributed by atoms with van der Waals surface area (Å²) in [5.41, 5.74) is 1.93. The van der Waals surface area contributed by atoms with Gasteiger partial charge < -0.3 is 5.11 Å². The highest BCUT2D eigenvalue weighted by atomic mass is 79.9. The average molecular weight is 458 g/mol. The van der Waals surface area contributed by atoms with Crippen LogP contribution in [0.5, 0.6) is 5.75 Å². The summed E-state index contributed by atoms with van der Waals surface area (Å²) < 4.78 is 0.937. The molecular weight excluding hydrogens is 451 g/mol. The number of pyridine rings is 1. The Bertz CT molecular complexity index is 946. The van der Waals surface area contributed by atoms with Crippen LogP contribution >= 0.6 is 43.5 Å². The predicted molar refractivity (Wildman–Crippen MR) is 95.9 cm³/mol. The number of nitro groups is 1. The zero-order chi connectivity index (χ0) is 16.7. The molecule has 23 heavy (non-hydrogen) atoms. The van der Waals surface area contributed by atoms with Gasteiger partial charge in [-0.3, -0.25) is 15.1 Å². The summed E-state index contributed by atoms with van der Waals surface area (Å²) >= 11 is 13.1. The lowest BCUT2D eigenvalue weighted by atomic mass is 10.0. The number of non-ortho nitro benzene ring substituents is 1. The summed E-state index contributed by atoms with van der Waals surface area (Å²) in [5.74, 6) is 0.0297. The van der Waals surface area contributed by atoms with E-state index in [1.165, 1.54) is 12.1 Å². The number of aromatic nitrogens is 1. The summed E-state index contributed by atoms with van der Waals surface area (Å²) in [6, 6.07) is 7.70. The van der Waals surface area contributed by atoms with Crippen LogP contribution in [0.2, 0.25) is 5.02 Å². The molecule has 0 saturated heterocycles. The fourth-order valence-corrected chi connectivity index (χ4v) is 3.96. The van der Waals surface area contributed by atoms with Gasteiger partial charge in [-0.1, -0.05) is 11.6 Å². The summed E-state index contributed by atoms with van der Waals surface area (Å²) in [6.45, 7) is 0. The normalized spacial score (nSPS) is 10.9. The molecule has 116 valence electrons. The minimum absolute atomic E-state index is 0.00127. The Kier molecular flexibility index (Phi) is 4.27. The lowest BCUT2D eigenvalue weighted by Crippen LogP contribution is -1.90. The molecular formula is C15H7Br2ClN2O3. The monoisotopic (exact) mass is 456 g/mol. The van der Waals surface area contributed by atoms with E-state index in [1.54, 1.807) is 24.4 Å². The SMILES string of the molecule is O=[N+]([O-])c1ccc(-c2cnc3cc(Br)c(O)c(Br)c3c2Cl)cc1. The standard InChI is InChI=1S/C15H7Br2ClN2O3/c16-10-5-11-12(13(17)15(10)21)14(18)9(6-19-11)7-1-3-8(4-2-7)20(22)23/h1-6,21H. The van der Waals surface area contributed by atoms with E-state index in [-0.39, 0.29) is 11.4 Å². The van der Waals surface area contributed by atoms with Gasteiger partial charge in [0.1, 0.15) is 5.75 Å². The van der Waals surface area contributed by atoms with Gasteiger partial charge in [0.25, 0.3) is 5.69 Å². The Morgan fingerprint density at radius 1 is 1.22 bits per heavy atom. The molecule has 8 heteroatoms. The smallest absolute Gasteiger partial charge is 0.269 e. The maximum absolute atomic E-state index is 10.7. The van der Waals surface area contributed by atoms with Gasteiger partial charge >= 0.3 is 0 Å². The summed E-state index contributed by atoms with van der Waals surface area (Å²) in [6.07, 6.45) is 1.60. The lowest BCUT2D eigenvalue weighted by Gasteiger charge is -2.11. The molecule has 0 atom stereocenters. The van der Waals surface area contributed by atoms with Crippen molar-refractivity contribution >= 4 is 60.1 Å². The van der Waals surface area contributed by atoms with Crippen LogP contribution in [0.25, 0.3) is 22.0 Å². The highest BCUT2D eigenvalue weighted by molar-refractivity contribution is 9.11. The number of nitrogens with zero attached hydrogens (tertiary/aromatic N) is 2. The van der Waals surface area contributed by atoms with Gasteiger partial charge in [0.15, 0.2) is 0 Å². The molecule has 1 heterocycles. The van der Waals surface area contributed by atoms with Crippen molar-refractivity contribution in [3.8, 4) is 16.9 Å². The summed E-state index contributed by atoms with van der Waals surface area (Å²) in [4.78, 5) is 14.6. The van der Waals surface area contributed by atoms with Crippen LogP contribution in [0.3, 0.4) is 0 Å². The highest BCUT2D eigenvalue weighted by Crippen LogP contribution is 2.43. The van der Waals surface area contributed by atoms with Crippen molar-refractivity contribution in [3.63, 3.8) is 0 Å². The van der Waals surface area contributed by atoms with Crippen molar-refractivity contribution < 1.29 is 10.0 Å². The second-order valence-corrected chi connectivity index (χ2v) is 6.73. The third-order valence-electron chi connectivity index (χ3n) is 3.35. The number of hydrogen-bond donors (Lipinski definition) is 1. The first kappa shape index (κ1) is 16.2. The van der Waals surface area contributed by atoms with E-state index in [9.17, 15) is 15.2 Å². The Morgan fingerprint density at radius 2 is 1.87 bits per heavy atom. The maximum Gasteiger partial charge on any atom is 0.269 e. The second kappa shape index (κ2) is 6.07. The molecule has 0 aliphatic carbocycles. The fraction of sp³-hybridized carbons (Fsp3) is 0. The lowest BCUT2D eigenvalue weighted by molar-refractivity contribution is -0.384. The number of hydrogen-bond acceptors (Lipinski definition) is 4. The first-order valence-electron chi connectivity index (χ1n) is 6.30. The number of phenols is 1. The van der Waals surface area contributed by atoms with E-state index in [1.807, 2.05) is 0 Å². The molecule has 3 aromatic rings. The molecule has 0 aliphatic heterocycles. The Balaban J connectivity index is 2.23. The number of benzene rings is 2. The van der Waals surface area contributed by atoms with Gasteiger partial charge in [0, 0.05) is 29.3 Å². The number of fused-ring (bicyclic) bond motifs is 1. The van der Waals surface area contributed by atoms with Crippen LogP contribution in [0.1, 0.15) is 0 Å². The Labute approximate surface area is 152 Å². The average Bonchev–Trinajstić information content (AvgIpc) is 2.53. The van der Waals surface area contributed by atoms with Gasteiger partial charge in [-0.25, -0.2) is 0 Å². The predicted octanol–water partition coefficient (Wildman–Crippen LogP) is 5.69. The van der Waals surface area contributed by atoms with Crippen molar-refractivity contribution in [3.05, 3.63) is 60.6 Å². The Hall–Kier alpha value is -1.70. The van der Waals surface area contributed by atoms with Crippen LogP contribution < -0.4 is 0 Å². The van der Waals surface area contributed by atoms with Gasteiger partial charge in [-0.15, -0.1) is 0 Å². The largest absolute Gasteiger partial charge is 0.506 e. The van der Waals surface area contributed by atoms with Gasteiger partial charge in [0.2, 0.25) is 0 Å². The van der Waals surface area contributed by atoms with E-state index in [2.05, 4.69) is 36.8 Å². The van der Waals surface area contributed by atoms with E-state index in [0.29, 0.717) is 36.0 Å². The molecule has 0 spiro atoms. The van der Waals surface area contributed by atoms with E-state index in [0.717, 1.165) is 0 Å². The molecule has 0 saturated carbocycles. The van der Waals surface area contributed by atoms with Crippen LogP contribution in [0.15, 0.2) is 45.5 Å². The third-order valence-corrected chi connectivity index (χ3v) is 5.12. The number of phenolic OH excluding ortho intramolecular Hbond substituents is 1. The molecule has 0 bridgehead atoms. The zero-order valence-electron chi connectivity index (χ0n) is 11.3. The molecule has 0 aliphatic rings. The van der Waals surface area contributed by atoms with Gasteiger partial charge in [-0.2, -0.15) is 0 Å². The van der Waals surface area contributed by atoms with E-state index >= 15 is 0 Å². The Morgan fingerprint density at radius 3 is 2.48 bits per heavy atom. The van der Waals surface area contributed by atoms with Crippen LogP contribution in [0, 0.1) is 10.1 Å². The first-order chi connectivity index (χ1) is 10.9. The first-order valence-corrected chi connectivity index (χ1v) is 8.26. The van der Waals surface area contributed by atoms with Crippen LogP contribution in [0.4, 0.5) is 5.69 Å². The minimum Gasteiger partial charge on any atom is -0.506 e. The number of rotatable bonds is 2. The molecule has 0 radical (unpaired) electrons. The van der Waals surface area contributed by atoms with Gasteiger partial charge in [-0.05, 0) is 55.6 Å². The number of nitro benzene ring substituents is 1. The summed E-state index contributed by atoms with van der Waals surface area (Å²) in [5, 5.41) is 21.7. The quantitative estimate of drug-likeness (QED) is 0.395. The van der Waals surface area contributed by atoms with Crippen molar-refractivity contribution in [2.75, 3.05) is 0 Å². The molecule has 3 rings (SSSR count). The van der Waals surface area contributed by atoms with Crippen molar-refractivity contribution in [2.45, 2.75) is 0 Å². The molecule has 2 aromatic carbocycles. The third kappa shape index (κ3) is 2.80. The molecule has 0 fully saturated rings. The van der Waals surface area contributed by atoms with Crippen molar-refractivity contribution in [1.29, 1.82) is 0 Å². The number of halogens is 3. The van der Waals surface area contributed by atoms with Crippen LogP contribution in [-0.4, -0.2) is 15.0 Å². The van der Waals surface area contributed by atoms with Crippen molar-refractivity contribution in [1.82, 2.24) is 4.98 Å². The van der Waals surface area contributed by atoms with E-state index in [4.69, 9.17) is 11.6 Å². The fourth-order valence-electron chi connectivity index (χ4n) is 2.20. The molecule has 1 aromatic heterocycles. The zero-order valence-corrected chi connectivity index (χ0v) is 15.2. The maximum atomic E-state index is 10.7. The van der Waals surface area contributed by atoms with Crippen molar-refractivity contribution in [2.24, 2.45) is 0 Å². The summed E-state index contributed by atoms with van der Waals surface area (Å²) in [7, 11) is 0. The molecule has 5 nitrogen and oxygen atoms in total. The second-order valence-electron chi connectivity index (χ2n) is 4.70. The van der Waals surface area contributed by atoms with Crippen LogP contribution in [-0.2, 0) is 0 Å².